The number of benzene rings is 4. The van der Waals surface area contributed by atoms with Gasteiger partial charge in [0, 0.05) is 12.5 Å². The summed E-state index contributed by atoms with van der Waals surface area (Å²) in [7, 11) is 0. The molecule has 5 rings (SSSR count). The van der Waals surface area contributed by atoms with Gasteiger partial charge >= 0.3 is 0 Å². The van der Waals surface area contributed by atoms with Crippen LogP contribution in [0.2, 0.25) is 0 Å². The van der Waals surface area contributed by atoms with Crippen LogP contribution >= 0.6 is 0 Å². The second-order valence-corrected chi connectivity index (χ2v) is 8.30. The summed E-state index contributed by atoms with van der Waals surface area (Å²) in [6.45, 7) is 2.48. The molecule has 4 aromatic carbocycles. The number of phenolic OH excluding ortho intramolecular Hbond substituents is 1. The molecule has 1 saturated heterocycles. The van der Waals surface area contributed by atoms with Gasteiger partial charge in [-0.2, -0.15) is 0 Å². The van der Waals surface area contributed by atoms with Crippen molar-refractivity contribution in [2.24, 2.45) is 0 Å². The van der Waals surface area contributed by atoms with Crippen molar-refractivity contribution >= 4 is 10.8 Å². The van der Waals surface area contributed by atoms with Gasteiger partial charge in [-0.3, -0.25) is 0 Å². The number of nitrogens with one attached hydrogen (secondary N) is 1. The number of hydrogen-bond acceptors (Lipinski definition) is 3. The van der Waals surface area contributed by atoms with Gasteiger partial charge in [0.05, 0.1) is 12.7 Å². The van der Waals surface area contributed by atoms with Crippen molar-refractivity contribution in [2.75, 3.05) is 13.1 Å². The first-order chi connectivity index (χ1) is 15.3. The molecule has 0 unspecified atom stereocenters. The van der Waals surface area contributed by atoms with Gasteiger partial charge in [0.1, 0.15) is 5.75 Å². The minimum absolute atomic E-state index is 0.135. The number of ether oxygens (including phenoxy) is 1. The first-order valence-electron chi connectivity index (χ1n) is 11.0. The maximum absolute atomic E-state index is 9.58. The Balaban J connectivity index is 1.34. The first kappa shape index (κ1) is 19.8. The molecule has 3 heteroatoms. The standard InChI is InChI=1S/C28H27NO2/c30-26-12-10-22(11-13-26)24-6-3-7-25(17-24)27-14-15-29-18-28(27)31-19-20-8-9-21-4-1-2-5-23(21)16-20/h1-13,16-17,27-30H,14-15,18-19H2/t27-,28+/m1/s1. The summed E-state index contributed by atoms with van der Waals surface area (Å²) in [6, 6.07) is 31.2. The number of rotatable bonds is 5. The second-order valence-electron chi connectivity index (χ2n) is 8.30. The lowest BCUT2D eigenvalue weighted by Crippen LogP contribution is -2.41. The molecule has 1 fully saturated rings. The summed E-state index contributed by atoms with van der Waals surface area (Å²) in [4.78, 5) is 0. The van der Waals surface area contributed by atoms with Crippen molar-refractivity contribution in [3.63, 3.8) is 0 Å². The minimum atomic E-state index is 0.135. The lowest BCUT2D eigenvalue weighted by molar-refractivity contribution is 0.0107. The zero-order valence-electron chi connectivity index (χ0n) is 17.5. The van der Waals surface area contributed by atoms with Crippen LogP contribution in [0, 0.1) is 0 Å². The Kier molecular flexibility index (Phi) is 5.70. The molecule has 31 heavy (non-hydrogen) atoms. The number of phenols is 1. The predicted octanol–water partition coefficient (Wildman–Crippen LogP) is 5.87. The van der Waals surface area contributed by atoms with Crippen molar-refractivity contribution in [2.45, 2.75) is 25.0 Å². The van der Waals surface area contributed by atoms with E-state index in [-0.39, 0.29) is 6.10 Å². The summed E-state index contributed by atoms with van der Waals surface area (Å²) >= 11 is 0. The topological polar surface area (TPSA) is 41.5 Å². The average molecular weight is 410 g/mol. The SMILES string of the molecule is Oc1ccc(-c2cccc([C@H]3CCNC[C@@H]3OCc3ccc4ccccc4c3)c2)cc1. The Hall–Kier alpha value is -3.14. The Labute approximate surface area is 183 Å². The van der Waals surface area contributed by atoms with Gasteiger partial charge in [0.2, 0.25) is 0 Å². The van der Waals surface area contributed by atoms with Crippen LogP contribution in [0.4, 0.5) is 0 Å². The fourth-order valence-electron chi connectivity index (χ4n) is 4.52. The predicted molar refractivity (Wildman–Crippen MR) is 126 cm³/mol. The van der Waals surface area contributed by atoms with Gasteiger partial charge in [-0.1, -0.05) is 72.8 Å². The lowest BCUT2D eigenvalue weighted by atomic mass is 9.86. The van der Waals surface area contributed by atoms with E-state index in [1.807, 2.05) is 12.1 Å². The maximum Gasteiger partial charge on any atom is 0.115 e. The molecule has 0 aliphatic carbocycles. The highest BCUT2D eigenvalue weighted by Gasteiger charge is 2.27. The molecule has 0 saturated carbocycles. The number of aromatic hydroxyl groups is 1. The molecule has 0 bridgehead atoms. The van der Waals surface area contributed by atoms with Crippen molar-refractivity contribution in [3.05, 3.63) is 102 Å². The summed E-state index contributed by atoms with van der Waals surface area (Å²) in [5.74, 6) is 0.652. The van der Waals surface area contributed by atoms with Gasteiger partial charge in [-0.05, 0) is 64.2 Å². The molecule has 4 aromatic rings. The van der Waals surface area contributed by atoms with Gasteiger partial charge < -0.3 is 15.2 Å². The van der Waals surface area contributed by atoms with Gasteiger partial charge in [-0.15, -0.1) is 0 Å². The molecule has 156 valence electrons. The second kappa shape index (κ2) is 8.93. The van der Waals surface area contributed by atoms with E-state index in [2.05, 4.69) is 72.0 Å². The van der Waals surface area contributed by atoms with E-state index in [9.17, 15) is 5.11 Å². The van der Waals surface area contributed by atoms with Crippen LogP contribution in [-0.4, -0.2) is 24.3 Å². The number of fused-ring (bicyclic) bond motifs is 1. The van der Waals surface area contributed by atoms with Crippen LogP contribution in [0.5, 0.6) is 5.75 Å². The molecule has 1 heterocycles. The van der Waals surface area contributed by atoms with Crippen molar-refractivity contribution in [1.82, 2.24) is 5.32 Å². The van der Waals surface area contributed by atoms with Crippen LogP contribution in [0.1, 0.15) is 23.5 Å². The molecule has 0 radical (unpaired) electrons. The fourth-order valence-corrected chi connectivity index (χ4v) is 4.52. The lowest BCUT2D eigenvalue weighted by Gasteiger charge is -2.33. The van der Waals surface area contributed by atoms with E-state index in [0.29, 0.717) is 18.3 Å². The third-order valence-corrected chi connectivity index (χ3v) is 6.22. The van der Waals surface area contributed by atoms with E-state index in [0.717, 1.165) is 25.1 Å². The largest absolute Gasteiger partial charge is 0.508 e. The Morgan fingerprint density at radius 2 is 1.65 bits per heavy atom. The molecular formula is C28H27NO2. The monoisotopic (exact) mass is 409 g/mol. The molecule has 2 N–H and O–H groups in total. The molecule has 1 aliphatic heterocycles. The van der Waals surface area contributed by atoms with E-state index in [4.69, 9.17) is 4.74 Å². The van der Waals surface area contributed by atoms with Gasteiger partial charge in [-0.25, -0.2) is 0 Å². The van der Waals surface area contributed by atoms with Crippen LogP contribution in [0.25, 0.3) is 21.9 Å². The average Bonchev–Trinajstić information content (AvgIpc) is 2.83. The van der Waals surface area contributed by atoms with Crippen molar-refractivity contribution in [1.29, 1.82) is 0 Å². The normalized spacial score (nSPS) is 18.8. The zero-order valence-corrected chi connectivity index (χ0v) is 17.5. The first-order valence-corrected chi connectivity index (χ1v) is 11.0. The highest BCUT2D eigenvalue weighted by atomic mass is 16.5. The van der Waals surface area contributed by atoms with Crippen molar-refractivity contribution < 1.29 is 9.84 Å². The summed E-state index contributed by atoms with van der Waals surface area (Å²) in [6.07, 6.45) is 1.19. The molecule has 3 nitrogen and oxygen atoms in total. The van der Waals surface area contributed by atoms with Crippen molar-refractivity contribution in [3.8, 4) is 16.9 Å². The van der Waals surface area contributed by atoms with E-state index in [1.165, 1.54) is 27.5 Å². The van der Waals surface area contributed by atoms with E-state index in [1.54, 1.807) is 12.1 Å². The van der Waals surface area contributed by atoms with E-state index >= 15 is 0 Å². The van der Waals surface area contributed by atoms with E-state index < -0.39 is 0 Å². The highest BCUT2D eigenvalue weighted by molar-refractivity contribution is 5.82. The molecule has 2 atom stereocenters. The van der Waals surface area contributed by atoms with Crippen LogP contribution < -0.4 is 5.32 Å². The summed E-state index contributed by atoms with van der Waals surface area (Å²) in [5, 5.41) is 15.6. The Morgan fingerprint density at radius 3 is 2.52 bits per heavy atom. The fraction of sp³-hybridized carbons (Fsp3) is 0.214. The van der Waals surface area contributed by atoms with Crippen LogP contribution in [0.3, 0.4) is 0 Å². The zero-order chi connectivity index (χ0) is 21.0. The molecule has 0 aromatic heterocycles. The molecule has 0 spiro atoms. The third kappa shape index (κ3) is 4.48. The molecular weight excluding hydrogens is 382 g/mol. The summed E-state index contributed by atoms with van der Waals surface area (Å²) < 4.78 is 6.45. The maximum atomic E-state index is 9.58. The molecule has 1 aliphatic rings. The number of piperidine rings is 1. The van der Waals surface area contributed by atoms with Gasteiger partial charge in [0.15, 0.2) is 0 Å². The highest BCUT2D eigenvalue weighted by Crippen LogP contribution is 2.32. The van der Waals surface area contributed by atoms with Gasteiger partial charge in [0.25, 0.3) is 0 Å². The molecule has 0 amide bonds. The quantitative estimate of drug-likeness (QED) is 0.433. The Bertz CT molecular complexity index is 1170. The van der Waals surface area contributed by atoms with Crippen LogP contribution in [0.15, 0.2) is 91.0 Å². The minimum Gasteiger partial charge on any atom is -0.508 e. The Morgan fingerprint density at radius 1 is 0.806 bits per heavy atom. The smallest absolute Gasteiger partial charge is 0.115 e. The summed E-state index contributed by atoms with van der Waals surface area (Å²) in [5.41, 5.74) is 4.81. The van der Waals surface area contributed by atoms with Crippen LogP contribution in [-0.2, 0) is 11.3 Å². The third-order valence-electron chi connectivity index (χ3n) is 6.22. The number of hydrogen-bond donors (Lipinski definition) is 2.